The minimum atomic E-state index is -4.35. The highest BCUT2D eigenvalue weighted by Gasteiger charge is 2.60. The molecular weight excluding hydrogens is 420 g/mol. The topological polar surface area (TPSA) is 63.6 Å². The fourth-order valence-electron chi connectivity index (χ4n) is 9.50. The Morgan fingerprint density at radius 1 is 0.906 bits per heavy atom. The van der Waals surface area contributed by atoms with Gasteiger partial charge >= 0.3 is 10.4 Å². The first kappa shape index (κ1) is 25.0. The van der Waals surface area contributed by atoms with E-state index in [1.54, 1.807) is 0 Å². The first-order chi connectivity index (χ1) is 14.9. The Kier molecular flexibility index (Phi) is 7.14. The largest absolute Gasteiger partial charge is 0.397 e. The van der Waals surface area contributed by atoms with Gasteiger partial charge in [-0.3, -0.25) is 4.55 Å². The van der Waals surface area contributed by atoms with Crippen molar-refractivity contribution >= 4 is 10.4 Å². The molecule has 9 atom stereocenters. The second-order valence-corrected chi connectivity index (χ2v) is 14.2. The van der Waals surface area contributed by atoms with Crippen LogP contribution in [0.2, 0.25) is 0 Å². The quantitative estimate of drug-likeness (QED) is 0.398. The highest BCUT2D eigenvalue weighted by atomic mass is 32.3. The minimum absolute atomic E-state index is 0.310. The van der Waals surface area contributed by atoms with Crippen molar-refractivity contribution in [3.05, 3.63) is 0 Å². The average Bonchev–Trinajstić information content (AvgIpc) is 3.04. The lowest BCUT2D eigenvalue weighted by Gasteiger charge is -2.61. The molecule has 0 saturated heterocycles. The van der Waals surface area contributed by atoms with E-state index in [1.807, 2.05) is 0 Å². The van der Waals surface area contributed by atoms with Gasteiger partial charge in [0.2, 0.25) is 0 Å². The summed E-state index contributed by atoms with van der Waals surface area (Å²) in [6, 6.07) is 0. The molecule has 0 aliphatic heterocycles. The summed E-state index contributed by atoms with van der Waals surface area (Å²) in [4.78, 5) is 0. The van der Waals surface area contributed by atoms with Crippen LogP contribution in [-0.2, 0) is 14.6 Å². The molecule has 5 heteroatoms. The van der Waals surface area contributed by atoms with Crippen LogP contribution in [0.3, 0.4) is 0 Å². The lowest BCUT2D eigenvalue weighted by atomic mass is 9.44. The van der Waals surface area contributed by atoms with E-state index in [-0.39, 0.29) is 6.10 Å². The van der Waals surface area contributed by atoms with Crippen molar-refractivity contribution in [2.75, 3.05) is 0 Å². The zero-order chi connectivity index (χ0) is 23.3. The zero-order valence-electron chi connectivity index (χ0n) is 21.2. The third-order valence-electron chi connectivity index (χ3n) is 11.1. The molecule has 4 rings (SSSR count). The average molecular weight is 469 g/mol. The second kappa shape index (κ2) is 9.15. The van der Waals surface area contributed by atoms with E-state index in [1.165, 1.54) is 57.8 Å². The molecule has 0 aromatic carbocycles. The molecule has 5 unspecified atom stereocenters. The van der Waals surface area contributed by atoms with Gasteiger partial charge in [-0.2, -0.15) is 8.42 Å². The van der Waals surface area contributed by atoms with Crippen LogP contribution < -0.4 is 0 Å². The molecule has 0 spiro atoms. The van der Waals surface area contributed by atoms with Crippen molar-refractivity contribution in [3.8, 4) is 0 Å². The summed E-state index contributed by atoms with van der Waals surface area (Å²) >= 11 is 0. The number of fused-ring (bicyclic) bond motifs is 5. The van der Waals surface area contributed by atoms with Crippen LogP contribution in [0.5, 0.6) is 0 Å². The first-order valence-corrected chi connectivity index (χ1v) is 15.0. The Bertz CT molecular complexity index is 764. The zero-order valence-corrected chi connectivity index (χ0v) is 22.0. The molecule has 186 valence electrons. The molecule has 0 bridgehead atoms. The monoisotopic (exact) mass is 468 g/mol. The normalized spacial score (nSPS) is 45.2. The maximum absolute atomic E-state index is 11.2. The van der Waals surface area contributed by atoms with Gasteiger partial charge in [-0.1, -0.05) is 53.9 Å². The Morgan fingerprint density at radius 3 is 2.28 bits per heavy atom. The van der Waals surface area contributed by atoms with Gasteiger partial charge < -0.3 is 0 Å². The SMILES string of the molecule is CC(C)CCC[C@@H](C)[C@H]1CCC2C3CCC4CC(OS(=O)(=O)O)CC[C@]4(C)C3CC[C@@]21C. The van der Waals surface area contributed by atoms with Gasteiger partial charge in [0.05, 0.1) is 6.10 Å². The van der Waals surface area contributed by atoms with Crippen LogP contribution in [0.4, 0.5) is 0 Å². The van der Waals surface area contributed by atoms with Gasteiger partial charge in [0, 0.05) is 0 Å². The highest BCUT2D eigenvalue weighted by Crippen LogP contribution is 2.68. The maximum atomic E-state index is 11.2. The Labute approximate surface area is 197 Å². The number of hydrogen-bond donors (Lipinski definition) is 1. The molecule has 4 saturated carbocycles. The van der Waals surface area contributed by atoms with Crippen LogP contribution in [0.25, 0.3) is 0 Å². The molecule has 0 aromatic rings. The summed E-state index contributed by atoms with van der Waals surface area (Å²) in [6.45, 7) is 12.4. The molecule has 0 radical (unpaired) electrons. The molecule has 0 amide bonds. The van der Waals surface area contributed by atoms with Gasteiger partial charge in [0.15, 0.2) is 0 Å². The fourth-order valence-corrected chi connectivity index (χ4v) is 10.0. The summed E-state index contributed by atoms with van der Waals surface area (Å²) in [5.41, 5.74) is 0.831. The van der Waals surface area contributed by atoms with Crippen molar-refractivity contribution in [1.82, 2.24) is 0 Å². The summed E-state index contributed by atoms with van der Waals surface area (Å²) < 4.78 is 36.6. The van der Waals surface area contributed by atoms with Crippen LogP contribution >= 0.6 is 0 Å². The molecule has 32 heavy (non-hydrogen) atoms. The Hall–Kier alpha value is -0.130. The second-order valence-electron chi connectivity index (χ2n) is 13.1. The molecule has 0 aromatic heterocycles. The van der Waals surface area contributed by atoms with Gasteiger partial charge in [-0.25, -0.2) is 4.18 Å². The van der Waals surface area contributed by atoms with Crippen LogP contribution in [0.15, 0.2) is 0 Å². The van der Waals surface area contributed by atoms with E-state index in [2.05, 4.69) is 34.6 Å². The van der Waals surface area contributed by atoms with E-state index < -0.39 is 10.4 Å². The van der Waals surface area contributed by atoms with E-state index >= 15 is 0 Å². The highest BCUT2D eigenvalue weighted by molar-refractivity contribution is 7.80. The first-order valence-electron chi connectivity index (χ1n) is 13.6. The summed E-state index contributed by atoms with van der Waals surface area (Å²) in [5.74, 6) is 5.59. The Morgan fingerprint density at radius 2 is 1.59 bits per heavy atom. The van der Waals surface area contributed by atoms with Crippen molar-refractivity contribution in [2.45, 2.75) is 118 Å². The predicted octanol–water partition coefficient (Wildman–Crippen LogP) is 7.30. The third-order valence-corrected chi connectivity index (χ3v) is 11.6. The van der Waals surface area contributed by atoms with Crippen molar-refractivity contribution < 1.29 is 17.2 Å². The number of hydrogen-bond acceptors (Lipinski definition) is 3. The van der Waals surface area contributed by atoms with Gasteiger partial charge in [0.1, 0.15) is 0 Å². The van der Waals surface area contributed by atoms with Crippen LogP contribution in [0, 0.1) is 52.3 Å². The summed E-state index contributed by atoms with van der Waals surface area (Å²) in [7, 11) is -4.35. The molecule has 0 heterocycles. The molecule has 1 N–H and O–H groups in total. The van der Waals surface area contributed by atoms with E-state index in [9.17, 15) is 8.42 Å². The predicted molar refractivity (Wildman–Crippen MR) is 129 cm³/mol. The summed E-state index contributed by atoms with van der Waals surface area (Å²) in [6.07, 6.45) is 14.5. The fraction of sp³-hybridized carbons (Fsp3) is 1.00. The molecule has 4 nitrogen and oxygen atoms in total. The Balaban J connectivity index is 1.43. The van der Waals surface area contributed by atoms with Gasteiger partial charge in [-0.15, -0.1) is 0 Å². The standard InChI is InChI=1S/C27H48O4S/c1-18(2)7-6-8-19(3)23-11-12-24-22-10-9-20-17-21(31-32(28,29)30)13-15-26(20,4)25(22)14-16-27(23,24)5/h18-25H,6-17H2,1-5H3,(H,28,29,30)/t19-,20?,21?,22?,23-,24?,25?,26+,27-/m1/s1. The maximum Gasteiger partial charge on any atom is 0.397 e. The van der Waals surface area contributed by atoms with E-state index in [4.69, 9.17) is 8.74 Å². The van der Waals surface area contributed by atoms with Gasteiger partial charge in [0.25, 0.3) is 0 Å². The molecule has 4 fully saturated rings. The third kappa shape index (κ3) is 4.69. The minimum Gasteiger partial charge on any atom is -0.264 e. The molecular formula is C27H48O4S. The number of rotatable bonds is 7. The van der Waals surface area contributed by atoms with Crippen molar-refractivity contribution in [1.29, 1.82) is 0 Å². The van der Waals surface area contributed by atoms with Crippen molar-refractivity contribution in [2.24, 2.45) is 52.3 Å². The molecule has 4 aliphatic rings. The molecule has 4 aliphatic carbocycles. The van der Waals surface area contributed by atoms with E-state index in [0.29, 0.717) is 16.7 Å². The van der Waals surface area contributed by atoms with Crippen LogP contribution in [0.1, 0.15) is 112 Å². The van der Waals surface area contributed by atoms with Crippen LogP contribution in [-0.4, -0.2) is 19.1 Å². The lowest BCUT2D eigenvalue weighted by Crippen LogP contribution is -2.54. The van der Waals surface area contributed by atoms with Gasteiger partial charge in [-0.05, 0) is 110 Å². The van der Waals surface area contributed by atoms with E-state index in [0.717, 1.165) is 54.8 Å². The summed E-state index contributed by atoms with van der Waals surface area (Å²) in [5, 5.41) is 0. The van der Waals surface area contributed by atoms with Crippen molar-refractivity contribution in [3.63, 3.8) is 0 Å². The smallest absolute Gasteiger partial charge is 0.264 e. The lowest BCUT2D eigenvalue weighted by molar-refractivity contribution is -0.127.